The minimum atomic E-state index is -0.0451. The monoisotopic (exact) mass is 803 g/mol. The molecule has 0 N–H and O–H groups in total. The van der Waals surface area contributed by atoms with Gasteiger partial charge in [0, 0.05) is 54.1 Å². The number of hydrogen-bond donors (Lipinski definition) is 0. The largest absolute Gasteiger partial charge is 0.309 e. The summed E-state index contributed by atoms with van der Waals surface area (Å²) in [5.74, 6) is 0. The van der Waals surface area contributed by atoms with Crippen LogP contribution in [0, 0.1) is 0 Å². The van der Waals surface area contributed by atoms with Crippen molar-refractivity contribution in [1.82, 2.24) is 13.5 Å². The van der Waals surface area contributed by atoms with Crippen molar-refractivity contribution < 1.29 is 0 Å². The summed E-state index contributed by atoms with van der Waals surface area (Å²) in [6.45, 7) is 28.4. The summed E-state index contributed by atoms with van der Waals surface area (Å²) < 4.78 is 8.08. The van der Waals surface area contributed by atoms with E-state index in [-0.39, 0.29) is 28.4 Å². The highest BCUT2D eigenvalue weighted by molar-refractivity contribution is 7.01. The minimum absolute atomic E-state index is 0.00701. The molecule has 0 bridgehead atoms. The number of rotatable bonds is 0. The van der Waals surface area contributed by atoms with Crippen LogP contribution < -0.4 is 16.4 Å². The second-order valence-electron chi connectivity index (χ2n) is 23.1. The third kappa shape index (κ3) is 4.39. The van der Waals surface area contributed by atoms with Gasteiger partial charge in [-0.2, -0.15) is 0 Å². The predicted molar refractivity (Wildman–Crippen MR) is 269 cm³/mol. The van der Waals surface area contributed by atoms with E-state index in [0.717, 1.165) is 0 Å². The molecule has 0 radical (unpaired) electrons. The first kappa shape index (κ1) is 36.6. The van der Waals surface area contributed by atoms with Crippen LogP contribution in [-0.4, -0.2) is 20.2 Å². The quantitative estimate of drug-likeness (QED) is 0.136. The summed E-state index contributed by atoms with van der Waals surface area (Å²) in [6, 6.07) is 43.6. The molecule has 11 aromatic rings. The van der Waals surface area contributed by atoms with Gasteiger partial charge in [0.25, 0.3) is 6.71 Å². The molecule has 0 saturated heterocycles. The zero-order chi connectivity index (χ0) is 42.9. The fourth-order valence-electron chi connectivity index (χ4n) is 11.9. The molecule has 2 aliphatic rings. The first-order valence-electron chi connectivity index (χ1n) is 22.8. The summed E-state index contributed by atoms with van der Waals surface area (Å²) in [5, 5.41) is 10.8. The lowest BCUT2D eigenvalue weighted by Gasteiger charge is -2.35. The third-order valence-electron chi connectivity index (χ3n) is 15.1. The molecule has 0 fully saturated rings. The Morgan fingerprint density at radius 3 is 1.39 bits per heavy atom. The summed E-state index contributed by atoms with van der Waals surface area (Å²) >= 11 is 0. The smallest absolute Gasteiger partial charge is 0.252 e. The number of fused-ring (bicyclic) bond motifs is 18. The van der Waals surface area contributed by atoms with Crippen LogP contribution in [0.1, 0.15) is 105 Å². The average molecular weight is 804 g/mol. The van der Waals surface area contributed by atoms with Crippen molar-refractivity contribution in [2.24, 2.45) is 0 Å². The van der Waals surface area contributed by atoms with Crippen LogP contribution in [-0.2, 0) is 21.7 Å². The molecule has 4 aromatic heterocycles. The van der Waals surface area contributed by atoms with E-state index in [1.807, 2.05) is 0 Å². The molecule has 7 aromatic carbocycles. The van der Waals surface area contributed by atoms with Crippen LogP contribution in [0.15, 0.2) is 109 Å². The van der Waals surface area contributed by atoms with Gasteiger partial charge in [0.2, 0.25) is 0 Å². The fraction of sp³-hybridized carbons (Fsp3) is 0.276. The van der Waals surface area contributed by atoms with Crippen molar-refractivity contribution in [3.8, 4) is 11.4 Å². The molecule has 4 heteroatoms. The predicted octanol–water partition coefficient (Wildman–Crippen LogP) is 13.4. The summed E-state index contributed by atoms with van der Waals surface area (Å²) in [6.07, 6.45) is 0. The van der Waals surface area contributed by atoms with Gasteiger partial charge in [-0.3, -0.25) is 0 Å². The Hall–Kier alpha value is -6.00. The van der Waals surface area contributed by atoms with Crippen LogP contribution in [0.4, 0.5) is 0 Å². The molecular weight excluding hydrogens is 749 g/mol. The highest BCUT2D eigenvalue weighted by Gasteiger charge is 2.45. The lowest BCUT2D eigenvalue weighted by atomic mass is 9.34. The highest BCUT2D eigenvalue weighted by atomic mass is 15.1. The Morgan fingerprint density at radius 1 is 0.355 bits per heavy atom. The number of hydrogen-bond acceptors (Lipinski definition) is 0. The van der Waals surface area contributed by atoms with Gasteiger partial charge in [0.05, 0.1) is 39.0 Å². The molecule has 0 aliphatic carbocycles. The Morgan fingerprint density at radius 2 is 0.823 bits per heavy atom. The Bertz CT molecular complexity index is 3830. The molecule has 0 amide bonds. The second kappa shape index (κ2) is 11.1. The first-order chi connectivity index (χ1) is 29.3. The highest BCUT2D eigenvalue weighted by Crippen LogP contribution is 2.51. The second-order valence-corrected chi connectivity index (χ2v) is 23.1. The van der Waals surface area contributed by atoms with E-state index in [4.69, 9.17) is 0 Å². The van der Waals surface area contributed by atoms with E-state index in [1.165, 1.54) is 132 Å². The van der Waals surface area contributed by atoms with Crippen molar-refractivity contribution in [1.29, 1.82) is 0 Å². The van der Waals surface area contributed by atoms with Gasteiger partial charge >= 0.3 is 0 Å². The molecular formula is C58H54BN3. The number of benzene rings is 7. The molecule has 13 rings (SSSR count). The molecule has 6 heterocycles. The standard InChI is InChI=1S/C58H54BN3/c1-55(2,3)31-20-23-44-37(26-31)38-29-34(58(10,11)12)30-42-51(38)62(44)54-48-40-28-33(57(7,8)9)22-25-46(40)60-45-24-21-32(56(4,5)6)27-39(45)47(52(48)60)53-49(54)59(42)41-18-15-17-36-35-16-13-14-19-43(35)61(53)50(36)41/h13-30H,1-12H3. The first-order valence-corrected chi connectivity index (χ1v) is 22.8. The van der Waals surface area contributed by atoms with Gasteiger partial charge in [-0.25, -0.2) is 0 Å². The molecule has 2 aliphatic heterocycles. The number of para-hydroxylation sites is 2. The van der Waals surface area contributed by atoms with Crippen molar-refractivity contribution in [3.63, 3.8) is 0 Å². The average Bonchev–Trinajstić information content (AvgIpc) is 3.94. The zero-order valence-corrected chi connectivity index (χ0v) is 38.3. The van der Waals surface area contributed by atoms with Gasteiger partial charge < -0.3 is 13.5 Å². The summed E-state index contributed by atoms with van der Waals surface area (Å²) in [5.41, 5.74) is 21.6. The number of aromatic nitrogens is 3. The van der Waals surface area contributed by atoms with Gasteiger partial charge in [0.15, 0.2) is 0 Å². The zero-order valence-electron chi connectivity index (χ0n) is 38.3. The normalized spacial score (nSPS) is 14.4. The lowest BCUT2D eigenvalue weighted by Crippen LogP contribution is -2.59. The third-order valence-corrected chi connectivity index (χ3v) is 15.1. The molecule has 0 atom stereocenters. The molecule has 0 unspecified atom stereocenters. The van der Waals surface area contributed by atoms with Crippen LogP contribution in [0.25, 0.3) is 93.1 Å². The Labute approximate surface area is 364 Å². The molecule has 304 valence electrons. The Balaban J connectivity index is 1.38. The molecule has 0 saturated carbocycles. The molecule has 3 nitrogen and oxygen atoms in total. The minimum Gasteiger partial charge on any atom is -0.309 e. The van der Waals surface area contributed by atoms with E-state index < -0.39 is 0 Å². The SMILES string of the molecule is CC(C)(C)c1ccc2c(c1)c1cc(C(C)(C)C)cc3c1n2-c1c2c(c4c5cc(C(C)(C)C)ccc5n5c6ccc(C(C)(C)C)cc6c1c45)-n1c4ccccc4c4cccc(c41)B23. The maximum Gasteiger partial charge on any atom is 0.252 e. The molecule has 0 spiro atoms. The topological polar surface area (TPSA) is 14.3 Å². The maximum absolute atomic E-state index is 2.74. The van der Waals surface area contributed by atoms with Crippen LogP contribution >= 0.6 is 0 Å². The lowest BCUT2D eigenvalue weighted by molar-refractivity contribution is 0.590. The van der Waals surface area contributed by atoms with E-state index in [0.29, 0.717) is 0 Å². The number of nitrogens with zero attached hydrogens (tertiary/aromatic N) is 3. The summed E-state index contributed by atoms with van der Waals surface area (Å²) in [7, 11) is 0. The van der Waals surface area contributed by atoms with Crippen molar-refractivity contribution in [2.45, 2.75) is 105 Å². The van der Waals surface area contributed by atoms with E-state index in [9.17, 15) is 0 Å². The van der Waals surface area contributed by atoms with Crippen molar-refractivity contribution in [3.05, 3.63) is 131 Å². The Kier molecular flexibility index (Phi) is 6.58. The summed E-state index contributed by atoms with van der Waals surface area (Å²) in [4.78, 5) is 0. The molecule has 62 heavy (non-hydrogen) atoms. The van der Waals surface area contributed by atoms with E-state index >= 15 is 0 Å². The van der Waals surface area contributed by atoms with E-state index in [1.54, 1.807) is 0 Å². The van der Waals surface area contributed by atoms with Gasteiger partial charge in [-0.1, -0.05) is 144 Å². The van der Waals surface area contributed by atoms with Gasteiger partial charge in [0.1, 0.15) is 0 Å². The maximum atomic E-state index is 2.74. The van der Waals surface area contributed by atoms with Crippen LogP contribution in [0.2, 0.25) is 0 Å². The van der Waals surface area contributed by atoms with Crippen molar-refractivity contribution in [2.75, 3.05) is 0 Å². The fourth-order valence-corrected chi connectivity index (χ4v) is 11.9. The van der Waals surface area contributed by atoms with Gasteiger partial charge in [-0.15, -0.1) is 0 Å². The van der Waals surface area contributed by atoms with Crippen molar-refractivity contribution >= 4 is 105 Å². The van der Waals surface area contributed by atoms with E-state index in [2.05, 4.69) is 206 Å². The van der Waals surface area contributed by atoms with Gasteiger partial charge in [-0.05, 0) is 109 Å². The van der Waals surface area contributed by atoms with Crippen LogP contribution in [0.5, 0.6) is 0 Å². The van der Waals surface area contributed by atoms with Crippen LogP contribution in [0.3, 0.4) is 0 Å².